The van der Waals surface area contributed by atoms with E-state index in [1.165, 1.54) is 0 Å². The standard InChI is InChI=1S/C24H16BrClN2OS/c25-16-8-5-15(6-9-16)23(22-18-4-2-1-3-14(18)7-12-20(22)29)28-24-27-19-11-10-17(26)13-21(19)30-24/h1-13,23,29H,(H,27,28). The predicted molar refractivity (Wildman–Crippen MR) is 130 cm³/mol. The summed E-state index contributed by atoms with van der Waals surface area (Å²) in [5.74, 6) is 0.248. The number of hydrogen-bond acceptors (Lipinski definition) is 4. The van der Waals surface area contributed by atoms with Crippen LogP contribution in [0, 0.1) is 0 Å². The van der Waals surface area contributed by atoms with Crippen molar-refractivity contribution in [2.45, 2.75) is 6.04 Å². The maximum atomic E-state index is 10.9. The van der Waals surface area contributed by atoms with Gasteiger partial charge in [-0.25, -0.2) is 4.98 Å². The van der Waals surface area contributed by atoms with Crippen LogP contribution in [0.2, 0.25) is 5.02 Å². The Morgan fingerprint density at radius 3 is 2.60 bits per heavy atom. The second kappa shape index (κ2) is 7.91. The third-order valence-electron chi connectivity index (χ3n) is 5.06. The van der Waals surface area contributed by atoms with E-state index >= 15 is 0 Å². The average Bonchev–Trinajstić information content (AvgIpc) is 3.14. The van der Waals surface area contributed by atoms with E-state index in [4.69, 9.17) is 16.6 Å². The first-order valence-electron chi connectivity index (χ1n) is 9.37. The molecule has 2 N–H and O–H groups in total. The van der Waals surface area contributed by atoms with Gasteiger partial charge in [0.2, 0.25) is 0 Å². The number of benzene rings is 4. The highest BCUT2D eigenvalue weighted by Gasteiger charge is 2.22. The van der Waals surface area contributed by atoms with Gasteiger partial charge in [-0.15, -0.1) is 0 Å². The number of phenolic OH excluding ortho intramolecular Hbond substituents is 1. The zero-order chi connectivity index (χ0) is 20.7. The monoisotopic (exact) mass is 494 g/mol. The second-order valence-corrected chi connectivity index (χ2v) is 9.36. The molecule has 0 spiro atoms. The smallest absolute Gasteiger partial charge is 0.184 e. The minimum Gasteiger partial charge on any atom is -0.508 e. The first-order chi connectivity index (χ1) is 14.6. The highest BCUT2D eigenvalue weighted by Crippen LogP contribution is 2.39. The highest BCUT2D eigenvalue weighted by molar-refractivity contribution is 9.10. The number of nitrogens with zero attached hydrogens (tertiary/aromatic N) is 1. The lowest BCUT2D eigenvalue weighted by Crippen LogP contribution is -2.13. The van der Waals surface area contributed by atoms with Crippen LogP contribution in [0.5, 0.6) is 5.75 Å². The van der Waals surface area contributed by atoms with Gasteiger partial charge in [0.05, 0.1) is 16.3 Å². The Balaban J connectivity index is 1.68. The molecule has 0 fully saturated rings. The predicted octanol–water partition coefficient (Wildman–Crippen LogP) is 7.77. The number of aromatic hydroxyl groups is 1. The van der Waals surface area contributed by atoms with Crippen molar-refractivity contribution in [3.05, 3.63) is 99.5 Å². The molecule has 1 atom stereocenters. The number of hydrogen-bond donors (Lipinski definition) is 2. The van der Waals surface area contributed by atoms with E-state index in [0.29, 0.717) is 5.02 Å². The molecule has 148 valence electrons. The van der Waals surface area contributed by atoms with E-state index < -0.39 is 0 Å². The van der Waals surface area contributed by atoms with E-state index in [-0.39, 0.29) is 11.8 Å². The Bertz CT molecular complexity index is 1370. The molecule has 0 saturated heterocycles. The molecule has 0 bridgehead atoms. The number of thiazole rings is 1. The lowest BCUT2D eigenvalue weighted by molar-refractivity contribution is 0.468. The van der Waals surface area contributed by atoms with Crippen molar-refractivity contribution in [1.82, 2.24) is 4.98 Å². The van der Waals surface area contributed by atoms with Crippen molar-refractivity contribution in [3.8, 4) is 5.75 Å². The molecular weight excluding hydrogens is 480 g/mol. The molecule has 6 heteroatoms. The number of phenols is 1. The van der Waals surface area contributed by atoms with E-state index in [0.717, 1.165) is 41.7 Å². The maximum Gasteiger partial charge on any atom is 0.184 e. The van der Waals surface area contributed by atoms with E-state index in [1.807, 2.05) is 66.7 Å². The molecule has 1 aromatic heterocycles. The highest BCUT2D eigenvalue weighted by atomic mass is 79.9. The van der Waals surface area contributed by atoms with E-state index in [9.17, 15) is 5.11 Å². The first kappa shape index (κ1) is 19.4. The molecule has 30 heavy (non-hydrogen) atoms. The summed E-state index contributed by atoms with van der Waals surface area (Å²) in [6.45, 7) is 0. The number of rotatable bonds is 4. The molecule has 0 radical (unpaired) electrons. The molecule has 0 aliphatic rings. The number of fused-ring (bicyclic) bond motifs is 2. The second-order valence-electron chi connectivity index (χ2n) is 6.98. The third-order valence-corrected chi connectivity index (χ3v) is 6.77. The van der Waals surface area contributed by atoms with Crippen molar-refractivity contribution in [2.75, 3.05) is 5.32 Å². The van der Waals surface area contributed by atoms with Crippen LogP contribution >= 0.6 is 38.9 Å². The number of halogens is 2. The van der Waals surface area contributed by atoms with Crippen molar-refractivity contribution in [3.63, 3.8) is 0 Å². The zero-order valence-electron chi connectivity index (χ0n) is 15.6. The van der Waals surface area contributed by atoms with Crippen molar-refractivity contribution in [1.29, 1.82) is 0 Å². The van der Waals surface area contributed by atoms with Crippen molar-refractivity contribution in [2.24, 2.45) is 0 Å². The van der Waals surface area contributed by atoms with Gasteiger partial charge in [-0.2, -0.15) is 0 Å². The van der Waals surface area contributed by atoms with Crippen LogP contribution in [-0.2, 0) is 0 Å². The van der Waals surface area contributed by atoms with Crippen LogP contribution in [0.25, 0.3) is 21.0 Å². The average molecular weight is 496 g/mol. The fraction of sp³-hybridized carbons (Fsp3) is 0.0417. The summed E-state index contributed by atoms with van der Waals surface area (Å²) >= 11 is 11.2. The molecule has 5 rings (SSSR count). The molecule has 4 aromatic carbocycles. The van der Waals surface area contributed by atoms with Gasteiger partial charge < -0.3 is 10.4 Å². The summed E-state index contributed by atoms with van der Waals surface area (Å²) in [6.07, 6.45) is 0. The molecular formula is C24H16BrClN2OS. The molecule has 1 heterocycles. The quantitative estimate of drug-likeness (QED) is 0.268. The Morgan fingerprint density at radius 1 is 0.967 bits per heavy atom. The van der Waals surface area contributed by atoms with Gasteiger partial charge in [0.15, 0.2) is 5.13 Å². The summed E-state index contributed by atoms with van der Waals surface area (Å²) in [6, 6.07) is 25.3. The van der Waals surface area contributed by atoms with Crippen LogP contribution in [0.3, 0.4) is 0 Å². The van der Waals surface area contributed by atoms with Crippen LogP contribution in [0.1, 0.15) is 17.2 Å². The fourth-order valence-electron chi connectivity index (χ4n) is 3.65. The topological polar surface area (TPSA) is 45.1 Å². The van der Waals surface area contributed by atoms with Gasteiger partial charge in [0, 0.05) is 15.1 Å². The van der Waals surface area contributed by atoms with E-state index in [2.05, 4.69) is 27.3 Å². The zero-order valence-corrected chi connectivity index (χ0v) is 18.8. The largest absolute Gasteiger partial charge is 0.508 e. The van der Waals surface area contributed by atoms with Crippen molar-refractivity contribution >= 4 is 65.0 Å². The van der Waals surface area contributed by atoms with Gasteiger partial charge in [-0.3, -0.25) is 0 Å². The number of aromatic nitrogens is 1. The Labute approximate surface area is 191 Å². The summed E-state index contributed by atoms with van der Waals surface area (Å²) < 4.78 is 2.02. The van der Waals surface area contributed by atoms with Crippen LogP contribution in [0.4, 0.5) is 5.13 Å². The van der Waals surface area contributed by atoms with Crippen LogP contribution in [0.15, 0.2) is 83.3 Å². The van der Waals surface area contributed by atoms with E-state index in [1.54, 1.807) is 17.4 Å². The molecule has 5 aromatic rings. The number of anilines is 1. The van der Waals surface area contributed by atoms with Crippen LogP contribution < -0.4 is 5.32 Å². The lowest BCUT2D eigenvalue weighted by Gasteiger charge is -2.22. The van der Waals surface area contributed by atoms with Crippen molar-refractivity contribution < 1.29 is 5.11 Å². The molecule has 0 aliphatic heterocycles. The molecule has 0 aliphatic carbocycles. The third kappa shape index (κ3) is 3.65. The van der Waals surface area contributed by atoms with Gasteiger partial charge >= 0.3 is 0 Å². The summed E-state index contributed by atoms with van der Waals surface area (Å²) in [5, 5.41) is 18.0. The minimum absolute atomic E-state index is 0.248. The lowest BCUT2D eigenvalue weighted by atomic mass is 9.93. The van der Waals surface area contributed by atoms with Gasteiger partial charge in [-0.1, -0.05) is 81.3 Å². The molecule has 0 amide bonds. The number of nitrogens with one attached hydrogen (secondary N) is 1. The Hall–Kier alpha value is -2.60. The Morgan fingerprint density at radius 2 is 1.77 bits per heavy atom. The Kier molecular flexibility index (Phi) is 5.11. The molecule has 3 nitrogen and oxygen atoms in total. The summed E-state index contributed by atoms with van der Waals surface area (Å²) in [5.41, 5.74) is 2.75. The summed E-state index contributed by atoms with van der Waals surface area (Å²) in [4.78, 5) is 4.73. The SMILES string of the molecule is Oc1ccc2ccccc2c1C(Nc1nc2ccc(Cl)cc2s1)c1ccc(Br)cc1. The maximum absolute atomic E-state index is 10.9. The fourth-order valence-corrected chi connectivity index (χ4v) is 5.08. The summed E-state index contributed by atoms with van der Waals surface area (Å²) in [7, 11) is 0. The van der Waals surface area contributed by atoms with Gasteiger partial charge in [0.1, 0.15) is 5.75 Å². The first-order valence-corrected chi connectivity index (χ1v) is 11.4. The van der Waals surface area contributed by atoms with Gasteiger partial charge in [-0.05, 0) is 52.7 Å². The van der Waals surface area contributed by atoms with Gasteiger partial charge in [0.25, 0.3) is 0 Å². The normalized spacial score (nSPS) is 12.3. The minimum atomic E-state index is -0.278. The molecule has 0 saturated carbocycles. The molecule has 1 unspecified atom stereocenters. The van der Waals surface area contributed by atoms with Crippen LogP contribution in [-0.4, -0.2) is 10.1 Å².